The fourth-order valence-corrected chi connectivity index (χ4v) is 3.60. The van der Waals surface area contributed by atoms with Crippen LogP contribution in [0.2, 0.25) is 0 Å². The highest BCUT2D eigenvalue weighted by Gasteiger charge is 2.14. The summed E-state index contributed by atoms with van der Waals surface area (Å²) >= 11 is 0. The lowest BCUT2D eigenvalue weighted by molar-refractivity contribution is -0.112. The number of anilines is 2. The molecule has 3 aromatic rings. The Kier molecular flexibility index (Phi) is 6.09. The fourth-order valence-electron chi connectivity index (χ4n) is 3.60. The Morgan fingerprint density at radius 3 is 1.74 bits per heavy atom. The van der Waals surface area contributed by atoms with E-state index in [4.69, 9.17) is 18.9 Å². The molecule has 0 unspecified atom stereocenters. The Hall–Kier alpha value is -4.72. The molecule has 0 saturated heterocycles. The summed E-state index contributed by atoms with van der Waals surface area (Å²) in [6, 6.07) is 16.3. The molecule has 0 spiro atoms. The van der Waals surface area contributed by atoms with Crippen LogP contribution in [0.5, 0.6) is 23.0 Å². The molecule has 2 N–H and O–H groups in total. The van der Waals surface area contributed by atoms with Crippen LogP contribution in [-0.4, -0.2) is 25.4 Å². The topological polar surface area (TPSA) is 95.1 Å². The molecule has 0 saturated carbocycles. The van der Waals surface area contributed by atoms with E-state index in [2.05, 4.69) is 10.6 Å². The highest BCUT2D eigenvalue weighted by molar-refractivity contribution is 6.08. The number of carbonyl (C=O) groups excluding carboxylic acids is 2. The van der Waals surface area contributed by atoms with E-state index in [-0.39, 0.29) is 25.4 Å². The maximum Gasteiger partial charge on any atom is 0.248 e. The zero-order chi connectivity index (χ0) is 24.2. The Bertz CT molecular complexity index is 1360. The van der Waals surface area contributed by atoms with E-state index in [0.29, 0.717) is 34.4 Å². The quantitative estimate of drug-likeness (QED) is 0.505. The average molecular weight is 470 g/mol. The number of fused-ring (bicyclic) bond motifs is 2. The molecular formula is C27H22N2O6. The standard InChI is InChI=1S/C27H22N2O6/c1-17-2-7-20(28-26(30)10-5-18-3-8-22-24(13-18)34-15-32-22)21(12-17)29-27(31)11-6-19-4-9-23-25(14-19)35-16-33-23/h2-14H,15-16H2,1H3,(H,28,30)(H,29,31)/b10-5+,11-6+. The number of hydrogen-bond acceptors (Lipinski definition) is 6. The third kappa shape index (κ3) is 5.27. The molecule has 8 heteroatoms. The van der Waals surface area contributed by atoms with Crippen molar-refractivity contribution in [3.05, 3.63) is 83.4 Å². The molecule has 176 valence electrons. The van der Waals surface area contributed by atoms with E-state index in [9.17, 15) is 9.59 Å². The molecule has 0 bridgehead atoms. The second-order valence-electron chi connectivity index (χ2n) is 7.92. The second kappa shape index (κ2) is 9.64. The van der Waals surface area contributed by atoms with Crippen molar-refractivity contribution in [2.75, 3.05) is 24.2 Å². The van der Waals surface area contributed by atoms with Gasteiger partial charge in [-0.25, -0.2) is 0 Å². The number of carbonyl (C=O) groups is 2. The van der Waals surface area contributed by atoms with Gasteiger partial charge in [0.15, 0.2) is 23.0 Å². The van der Waals surface area contributed by atoms with Crippen molar-refractivity contribution >= 4 is 35.3 Å². The van der Waals surface area contributed by atoms with Crippen LogP contribution in [0.4, 0.5) is 11.4 Å². The molecule has 2 amide bonds. The van der Waals surface area contributed by atoms with Crippen molar-refractivity contribution in [2.24, 2.45) is 0 Å². The van der Waals surface area contributed by atoms with Gasteiger partial charge in [-0.15, -0.1) is 0 Å². The van der Waals surface area contributed by atoms with Gasteiger partial charge in [-0.1, -0.05) is 18.2 Å². The van der Waals surface area contributed by atoms with E-state index in [1.165, 1.54) is 12.2 Å². The first-order valence-electron chi connectivity index (χ1n) is 10.9. The zero-order valence-electron chi connectivity index (χ0n) is 18.9. The van der Waals surface area contributed by atoms with Crippen LogP contribution in [0, 0.1) is 6.92 Å². The van der Waals surface area contributed by atoms with Crippen LogP contribution in [-0.2, 0) is 9.59 Å². The van der Waals surface area contributed by atoms with Crippen LogP contribution >= 0.6 is 0 Å². The van der Waals surface area contributed by atoms with Crippen molar-refractivity contribution in [1.82, 2.24) is 0 Å². The third-order valence-electron chi connectivity index (χ3n) is 5.34. The monoisotopic (exact) mass is 470 g/mol. The molecule has 0 fully saturated rings. The molecule has 0 aromatic heterocycles. The van der Waals surface area contributed by atoms with E-state index in [1.807, 2.05) is 25.1 Å². The van der Waals surface area contributed by atoms with Crippen LogP contribution in [0.1, 0.15) is 16.7 Å². The van der Waals surface area contributed by atoms with E-state index < -0.39 is 0 Å². The molecule has 2 aliphatic heterocycles. The minimum Gasteiger partial charge on any atom is -0.454 e. The number of benzene rings is 3. The highest BCUT2D eigenvalue weighted by atomic mass is 16.7. The van der Waals surface area contributed by atoms with Gasteiger partial charge in [-0.3, -0.25) is 9.59 Å². The smallest absolute Gasteiger partial charge is 0.248 e. The summed E-state index contributed by atoms with van der Waals surface area (Å²) < 4.78 is 21.3. The maximum absolute atomic E-state index is 12.6. The zero-order valence-corrected chi connectivity index (χ0v) is 18.9. The summed E-state index contributed by atoms with van der Waals surface area (Å²) in [4.78, 5) is 25.1. The normalized spacial score (nSPS) is 13.4. The van der Waals surface area contributed by atoms with Crippen molar-refractivity contribution in [3.8, 4) is 23.0 Å². The Labute approximate surface area is 201 Å². The molecule has 3 aromatic carbocycles. The summed E-state index contributed by atoms with van der Waals surface area (Å²) in [7, 11) is 0. The minimum atomic E-state index is -0.335. The third-order valence-corrected chi connectivity index (χ3v) is 5.34. The number of ether oxygens (including phenoxy) is 4. The maximum atomic E-state index is 12.6. The molecule has 5 rings (SSSR count). The number of amides is 2. The Balaban J connectivity index is 1.24. The first-order chi connectivity index (χ1) is 17.0. The molecule has 2 aliphatic rings. The van der Waals surface area contributed by atoms with Gasteiger partial charge in [-0.05, 0) is 72.2 Å². The van der Waals surface area contributed by atoms with Crippen molar-refractivity contribution in [1.29, 1.82) is 0 Å². The fraction of sp³-hybridized carbons (Fsp3) is 0.111. The Morgan fingerprint density at radius 2 is 1.17 bits per heavy atom. The van der Waals surface area contributed by atoms with E-state index >= 15 is 0 Å². The molecule has 0 radical (unpaired) electrons. The van der Waals surface area contributed by atoms with E-state index in [1.54, 1.807) is 48.6 Å². The first-order valence-corrected chi connectivity index (χ1v) is 10.9. The second-order valence-corrected chi connectivity index (χ2v) is 7.92. The molecule has 35 heavy (non-hydrogen) atoms. The number of hydrogen-bond donors (Lipinski definition) is 2. The summed E-state index contributed by atoms with van der Waals surface area (Å²) in [5, 5.41) is 5.65. The Morgan fingerprint density at radius 1 is 0.657 bits per heavy atom. The lowest BCUT2D eigenvalue weighted by Gasteiger charge is -2.11. The van der Waals surface area contributed by atoms with Crippen LogP contribution in [0.25, 0.3) is 12.2 Å². The minimum absolute atomic E-state index is 0.191. The molecule has 0 aliphatic carbocycles. The summed E-state index contributed by atoms with van der Waals surface area (Å²) in [5.74, 6) is 1.98. The van der Waals surface area contributed by atoms with Crippen LogP contribution in [0.15, 0.2) is 66.7 Å². The highest BCUT2D eigenvalue weighted by Crippen LogP contribution is 2.34. The average Bonchev–Trinajstić information content (AvgIpc) is 3.51. The van der Waals surface area contributed by atoms with Gasteiger partial charge in [0.25, 0.3) is 0 Å². The van der Waals surface area contributed by atoms with Gasteiger partial charge in [0.05, 0.1) is 11.4 Å². The van der Waals surface area contributed by atoms with Gasteiger partial charge < -0.3 is 29.6 Å². The predicted octanol–water partition coefficient (Wildman–Crippen LogP) is 4.76. The number of nitrogens with one attached hydrogen (secondary N) is 2. The van der Waals surface area contributed by atoms with Gasteiger partial charge in [0.2, 0.25) is 25.4 Å². The van der Waals surface area contributed by atoms with Crippen molar-refractivity contribution in [3.63, 3.8) is 0 Å². The molecular weight excluding hydrogens is 448 g/mol. The van der Waals surface area contributed by atoms with Crippen molar-refractivity contribution < 1.29 is 28.5 Å². The first kappa shape index (κ1) is 22.1. The van der Waals surface area contributed by atoms with Gasteiger partial charge >= 0.3 is 0 Å². The van der Waals surface area contributed by atoms with Gasteiger partial charge in [0, 0.05) is 12.2 Å². The number of aryl methyl sites for hydroxylation is 1. The lowest BCUT2D eigenvalue weighted by Crippen LogP contribution is -2.13. The molecule has 2 heterocycles. The molecule has 8 nitrogen and oxygen atoms in total. The largest absolute Gasteiger partial charge is 0.454 e. The predicted molar refractivity (Wildman–Crippen MR) is 132 cm³/mol. The lowest BCUT2D eigenvalue weighted by atomic mass is 10.1. The van der Waals surface area contributed by atoms with Gasteiger partial charge in [0.1, 0.15) is 0 Å². The number of rotatable bonds is 6. The molecule has 0 atom stereocenters. The SMILES string of the molecule is Cc1ccc(NC(=O)/C=C/c2ccc3c(c2)OCO3)c(NC(=O)/C=C/c2ccc3c(c2)OCO3)c1. The van der Waals surface area contributed by atoms with Crippen LogP contribution in [0.3, 0.4) is 0 Å². The van der Waals surface area contributed by atoms with Crippen molar-refractivity contribution in [2.45, 2.75) is 6.92 Å². The summed E-state index contributed by atoms with van der Waals surface area (Å²) in [6.45, 7) is 2.29. The summed E-state index contributed by atoms with van der Waals surface area (Å²) in [5.41, 5.74) is 3.52. The van der Waals surface area contributed by atoms with Gasteiger partial charge in [-0.2, -0.15) is 0 Å². The van der Waals surface area contributed by atoms with Crippen LogP contribution < -0.4 is 29.6 Å². The van der Waals surface area contributed by atoms with E-state index in [0.717, 1.165) is 16.7 Å². The summed E-state index contributed by atoms with van der Waals surface area (Å²) in [6.07, 6.45) is 6.20.